The molecule has 0 unspecified atom stereocenters. The molecule has 0 spiro atoms. The Labute approximate surface area is 381 Å². The SMILES string of the molecule is Cn1c(-c2ccccc2)nc2cc3c(cc21)-n1c2ccc(C(C)(C)C)cc2c2c4oc5ccccc5c4c4c(c21)B3N(c1ccc(C(C)(C)C)cc1)c1cc2sc3ccccc3c2cc1-4. The normalized spacial score (nSPS) is 13.7. The number of aromatic nitrogens is 3. The first-order chi connectivity index (χ1) is 31.4. The van der Waals surface area contributed by atoms with Crippen molar-refractivity contribution < 1.29 is 4.42 Å². The number of para-hydroxylation sites is 1. The summed E-state index contributed by atoms with van der Waals surface area (Å²) in [7, 11) is 2.16. The van der Waals surface area contributed by atoms with E-state index in [0.717, 1.165) is 44.7 Å². The Kier molecular flexibility index (Phi) is 7.22. The van der Waals surface area contributed by atoms with Crippen LogP contribution in [0.2, 0.25) is 0 Å². The van der Waals surface area contributed by atoms with Crippen molar-refractivity contribution in [2.24, 2.45) is 7.05 Å². The van der Waals surface area contributed by atoms with Crippen LogP contribution in [-0.2, 0) is 17.9 Å². The summed E-state index contributed by atoms with van der Waals surface area (Å²) in [6.07, 6.45) is 0. The number of anilines is 2. The predicted octanol–water partition coefficient (Wildman–Crippen LogP) is 14.4. The summed E-state index contributed by atoms with van der Waals surface area (Å²) in [5.74, 6) is 0.957. The van der Waals surface area contributed by atoms with Crippen molar-refractivity contribution in [3.8, 4) is 28.2 Å². The van der Waals surface area contributed by atoms with Crippen LogP contribution in [-0.4, -0.2) is 21.0 Å². The number of aryl methyl sites for hydroxylation is 1. The zero-order chi connectivity index (χ0) is 43.8. The van der Waals surface area contributed by atoms with Crippen LogP contribution in [0.5, 0.6) is 0 Å². The second-order valence-corrected chi connectivity index (χ2v) is 21.5. The van der Waals surface area contributed by atoms with E-state index < -0.39 is 0 Å². The minimum atomic E-state index is -0.189. The van der Waals surface area contributed by atoms with Gasteiger partial charge in [-0.3, -0.25) is 0 Å². The molecule has 6 heterocycles. The number of thiophene rings is 1. The van der Waals surface area contributed by atoms with E-state index in [2.05, 4.69) is 208 Å². The van der Waals surface area contributed by atoms with Crippen molar-refractivity contribution in [2.75, 3.05) is 4.81 Å². The highest BCUT2D eigenvalue weighted by Gasteiger charge is 2.46. The number of nitrogens with zero attached hydrogens (tertiary/aromatic N) is 4. The number of fused-ring (bicyclic) bond motifs is 17. The lowest BCUT2D eigenvalue weighted by Crippen LogP contribution is -2.60. The van der Waals surface area contributed by atoms with Crippen molar-refractivity contribution in [2.45, 2.75) is 52.4 Å². The van der Waals surface area contributed by atoms with Gasteiger partial charge in [-0.1, -0.05) is 126 Å². The molecule has 0 saturated heterocycles. The summed E-state index contributed by atoms with van der Waals surface area (Å²) in [5.41, 5.74) is 18.6. The Hall–Kier alpha value is -7.09. The Balaban J connectivity index is 1.22. The molecule has 8 aromatic carbocycles. The molecule has 0 aliphatic carbocycles. The molecule has 0 bridgehead atoms. The number of hydrogen-bond donors (Lipinski definition) is 0. The smallest absolute Gasteiger partial charge is 0.333 e. The fourth-order valence-electron chi connectivity index (χ4n) is 11.4. The standard InChI is InChI=1S/C58H45BN4OS/c1-57(2,3)33-21-24-35(25-22-33)63-44-31-49-38(36-17-12-14-20-48(36)65-49)28-40(44)50-51-37-18-11-13-19-47(37)64-55(51)52-39-27-34(58(4,5)6)23-26-43(39)62-45-30-46-42(29-41(45)59(63)53(50)54(52)62)60-56(61(46)7)32-15-9-8-10-16-32/h8-31H,1-7H3. The van der Waals surface area contributed by atoms with Crippen LogP contribution >= 0.6 is 11.3 Å². The van der Waals surface area contributed by atoms with Gasteiger partial charge in [0.15, 0.2) is 0 Å². The lowest BCUT2D eigenvalue weighted by Gasteiger charge is -2.42. The highest BCUT2D eigenvalue weighted by Crippen LogP contribution is 2.53. The number of furan rings is 1. The summed E-state index contributed by atoms with van der Waals surface area (Å²) in [6.45, 7) is 13.6. The van der Waals surface area contributed by atoms with Gasteiger partial charge >= 0.3 is 6.85 Å². The molecule has 4 aromatic heterocycles. The second kappa shape index (κ2) is 12.6. The van der Waals surface area contributed by atoms with Gasteiger partial charge in [-0.05, 0) is 99.1 Å². The fraction of sp³-hybridized carbons (Fsp3) is 0.155. The number of hydrogen-bond acceptors (Lipinski definition) is 4. The molecule has 0 saturated carbocycles. The van der Waals surface area contributed by atoms with Crippen LogP contribution in [0.25, 0.3) is 103 Å². The maximum Gasteiger partial charge on any atom is 0.333 e. The zero-order valence-corrected chi connectivity index (χ0v) is 38.4. The van der Waals surface area contributed by atoms with E-state index in [1.807, 2.05) is 11.3 Å². The van der Waals surface area contributed by atoms with Crippen molar-refractivity contribution in [1.82, 2.24) is 14.1 Å². The largest absolute Gasteiger partial charge is 0.455 e. The Morgan fingerprint density at radius 2 is 1.32 bits per heavy atom. The molecule has 5 nitrogen and oxygen atoms in total. The first-order valence-corrected chi connectivity index (χ1v) is 23.6. The summed E-state index contributed by atoms with van der Waals surface area (Å²) in [6, 6.07) is 54.5. The first-order valence-electron chi connectivity index (χ1n) is 22.8. The van der Waals surface area contributed by atoms with Crippen molar-refractivity contribution in [1.29, 1.82) is 0 Å². The summed E-state index contributed by atoms with van der Waals surface area (Å²) in [4.78, 5) is 8.11. The minimum Gasteiger partial charge on any atom is -0.455 e. The first kappa shape index (κ1) is 37.3. The van der Waals surface area contributed by atoms with E-state index in [1.54, 1.807) is 0 Å². The van der Waals surface area contributed by atoms with Gasteiger partial charge in [-0.15, -0.1) is 11.3 Å². The van der Waals surface area contributed by atoms with Crippen LogP contribution in [0, 0.1) is 0 Å². The Morgan fingerprint density at radius 1 is 0.600 bits per heavy atom. The molecule has 0 amide bonds. The lowest BCUT2D eigenvalue weighted by atomic mass is 9.43. The lowest BCUT2D eigenvalue weighted by molar-refractivity contribution is 0.590. The van der Waals surface area contributed by atoms with E-state index in [0.29, 0.717) is 0 Å². The van der Waals surface area contributed by atoms with Crippen molar-refractivity contribution in [3.05, 3.63) is 157 Å². The minimum absolute atomic E-state index is 0.0135. The molecule has 7 heteroatoms. The zero-order valence-electron chi connectivity index (χ0n) is 37.5. The highest BCUT2D eigenvalue weighted by atomic mass is 32.1. The summed E-state index contributed by atoms with van der Waals surface area (Å²) in [5, 5.41) is 7.30. The van der Waals surface area contributed by atoms with Gasteiger partial charge in [0.2, 0.25) is 0 Å². The van der Waals surface area contributed by atoms with E-state index in [9.17, 15) is 0 Å². The van der Waals surface area contributed by atoms with E-state index in [4.69, 9.17) is 9.40 Å². The Bertz CT molecular complexity index is 4040. The molecule has 2 aliphatic rings. The molecule has 0 N–H and O–H groups in total. The molecular weight excluding hydrogens is 812 g/mol. The summed E-state index contributed by atoms with van der Waals surface area (Å²) < 4.78 is 14.7. The van der Waals surface area contributed by atoms with Gasteiger partial charge in [0, 0.05) is 71.6 Å². The quantitative estimate of drug-likeness (QED) is 0.163. The van der Waals surface area contributed by atoms with Crippen LogP contribution < -0.4 is 15.7 Å². The number of benzene rings is 8. The molecule has 2 aliphatic heterocycles. The van der Waals surface area contributed by atoms with Crippen LogP contribution in [0.3, 0.4) is 0 Å². The average molecular weight is 857 g/mol. The molecule has 14 rings (SSSR count). The molecule has 312 valence electrons. The van der Waals surface area contributed by atoms with E-state index in [-0.39, 0.29) is 17.7 Å². The van der Waals surface area contributed by atoms with E-state index >= 15 is 0 Å². The third-order valence-electron chi connectivity index (χ3n) is 14.6. The van der Waals surface area contributed by atoms with Crippen LogP contribution in [0.4, 0.5) is 11.4 Å². The van der Waals surface area contributed by atoms with Crippen LogP contribution in [0.1, 0.15) is 52.7 Å². The van der Waals surface area contributed by atoms with Gasteiger partial charge in [0.25, 0.3) is 0 Å². The van der Waals surface area contributed by atoms with E-state index in [1.165, 1.54) is 91.9 Å². The molecule has 0 radical (unpaired) electrons. The average Bonchev–Trinajstić information content (AvgIpc) is 4.05. The van der Waals surface area contributed by atoms with Gasteiger partial charge in [-0.2, -0.15) is 0 Å². The fourth-order valence-corrected chi connectivity index (χ4v) is 12.5. The van der Waals surface area contributed by atoms with Gasteiger partial charge in [0.1, 0.15) is 17.0 Å². The molecule has 0 atom stereocenters. The van der Waals surface area contributed by atoms with Crippen molar-refractivity contribution in [3.63, 3.8) is 0 Å². The number of imidazole rings is 1. The molecule has 65 heavy (non-hydrogen) atoms. The third kappa shape index (κ3) is 4.97. The van der Waals surface area contributed by atoms with Crippen molar-refractivity contribution >= 4 is 115 Å². The predicted molar refractivity (Wildman–Crippen MR) is 277 cm³/mol. The summed E-state index contributed by atoms with van der Waals surface area (Å²) >= 11 is 1.88. The van der Waals surface area contributed by atoms with Gasteiger partial charge < -0.3 is 18.4 Å². The van der Waals surface area contributed by atoms with Gasteiger partial charge in [0.05, 0.1) is 27.5 Å². The second-order valence-electron chi connectivity index (χ2n) is 20.4. The molecular formula is C58H45BN4OS. The maximum absolute atomic E-state index is 7.24. The Morgan fingerprint density at radius 3 is 2.11 bits per heavy atom. The molecule has 0 fully saturated rings. The number of rotatable bonds is 2. The monoisotopic (exact) mass is 856 g/mol. The topological polar surface area (TPSA) is 39.1 Å². The molecule has 12 aromatic rings. The van der Waals surface area contributed by atoms with Crippen LogP contribution in [0.15, 0.2) is 150 Å². The highest BCUT2D eigenvalue weighted by molar-refractivity contribution is 7.25. The van der Waals surface area contributed by atoms with Gasteiger partial charge in [-0.25, -0.2) is 4.98 Å². The third-order valence-corrected chi connectivity index (χ3v) is 15.7. The maximum atomic E-state index is 7.24.